The van der Waals surface area contributed by atoms with E-state index in [2.05, 4.69) is 4.90 Å². The van der Waals surface area contributed by atoms with Crippen LogP contribution in [0.3, 0.4) is 0 Å². The Hall–Kier alpha value is -0.280. The number of halogens is 1. The van der Waals surface area contributed by atoms with Crippen LogP contribution in [-0.2, 0) is 4.79 Å². The molecule has 2 aliphatic rings. The van der Waals surface area contributed by atoms with Gasteiger partial charge in [-0.15, -0.1) is 12.4 Å². The van der Waals surface area contributed by atoms with Gasteiger partial charge in [-0.25, -0.2) is 0 Å². The van der Waals surface area contributed by atoms with Crippen LogP contribution in [0, 0.1) is 11.8 Å². The largest absolute Gasteiger partial charge is 0.339 e. The van der Waals surface area contributed by atoms with Gasteiger partial charge in [0, 0.05) is 25.0 Å². The number of rotatable bonds is 2. The predicted molar refractivity (Wildman–Crippen MR) is 72.2 cm³/mol. The highest BCUT2D eigenvalue weighted by molar-refractivity contribution is 5.85. The zero-order valence-corrected chi connectivity index (χ0v) is 11.5. The molecule has 1 amide bonds. The predicted octanol–water partition coefficient (Wildman–Crippen LogP) is 2.18. The van der Waals surface area contributed by atoms with E-state index >= 15 is 0 Å². The van der Waals surface area contributed by atoms with Gasteiger partial charge in [-0.3, -0.25) is 4.79 Å². The molecule has 1 saturated heterocycles. The molecule has 1 heterocycles. The molecule has 4 heteroatoms. The molecule has 0 radical (unpaired) electrons. The van der Waals surface area contributed by atoms with Gasteiger partial charge in [-0.05, 0) is 31.6 Å². The van der Waals surface area contributed by atoms with Gasteiger partial charge < -0.3 is 10.6 Å². The highest BCUT2D eigenvalue weighted by Gasteiger charge is 2.36. The molecule has 100 valence electrons. The van der Waals surface area contributed by atoms with Crippen molar-refractivity contribution in [3.8, 4) is 0 Å². The standard InChI is InChI=1S/C13H24N2O.ClH/c1-10(9-14)13(16)15-8-4-6-11-5-2-3-7-12(11)15;/h10-12H,2-9,14H2,1H3;1H. The van der Waals surface area contributed by atoms with Crippen LogP contribution in [0.5, 0.6) is 0 Å². The fraction of sp³-hybridized carbons (Fsp3) is 0.923. The summed E-state index contributed by atoms with van der Waals surface area (Å²) in [6.07, 6.45) is 7.70. The Morgan fingerprint density at radius 1 is 1.29 bits per heavy atom. The van der Waals surface area contributed by atoms with Gasteiger partial charge in [-0.2, -0.15) is 0 Å². The molecule has 3 unspecified atom stereocenters. The maximum absolute atomic E-state index is 12.2. The first-order chi connectivity index (χ1) is 7.74. The van der Waals surface area contributed by atoms with Crippen LogP contribution in [0.25, 0.3) is 0 Å². The van der Waals surface area contributed by atoms with Crippen molar-refractivity contribution in [1.29, 1.82) is 0 Å². The molecule has 3 atom stereocenters. The molecule has 1 saturated carbocycles. The smallest absolute Gasteiger partial charge is 0.226 e. The number of carbonyl (C=O) groups is 1. The van der Waals surface area contributed by atoms with E-state index in [1.165, 1.54) is 38.5 Å². The van der Waals surface area contributed by atoms with Crippen molar-refractivity contribution in [2.24, 2.45) is 17.6 Å². The summed E-state index contributed by atoms with van der Waals surface area (Å²) in [5.41, 5.74) is 5.60. The van der Waals surface area contributed by atoms with Crippen molar-refractivity contribution in [2.75, 3.05) is 13.1 Å². The van der Waals surface area contributed by atoms with Crippen LogP contribution in [0.2, 0.25) is 0 Å². The van der Waals surface area contributed by atoms with Gasteiger partial charge in [0.1, 0.15) is 0 Å². The third-order valence-corrected chi connectivity index (χ3v) is 4.30. The maximum Gasteiger partial charge on any atom is 0.226 e. The quantitative estimate of drug-likeness (QED) is 0.827. The number of nitrogens with zero attached hydrogens (tertiary/aromatic N) is 1. The topological polar surface area (TPSA) is 46.3 Å². The fourth-order valence-corrected chi connectivity index (χ4v) is 3.28. The van der Waals surface area contributed by atoms with Gasteiger partial charge in [0.2, 0.25) is 5.91 Å². The molecular weight excluding hydrogens is 236 g/mol. The van der Waals surface area contributed by atoms with E-state index < -0.39 is 0 Å². The van der Waals surface area contributed by atoms with Crippen LogP contribution < -0.4 is 5.73 Å². The number of hydrogen-bond donors (Lipinski definition) is 1. The average molecular weight is 261 g/mol. The maximum atomic E-state index is 12.2. The molecule has 0 aromatic heterocycles. The Bertz CT molecular complexity index is 258. The molecule has 17 heavy (non-hydrogen) atoms. The number of fused-ring (bicyclic) bond motifs is 1. The third-order valence-electron chi connectivity index (χ3n) is 4.30. The summed E-state index contributed by atoms with van der Waals surface area (Å²) in [5.74, 6) is 1.07. The molecule has 0 bridgehead atoms. The monoisotopic (exact) mass is 260 g/mol. The van der Waals surface area contributed by atoms with Crippen molar-refractivity contribution in [3.05, 3.63) is 0 Å². The van der Waals surface area contributed by atoms with E-state index in [0.29, 0.717) is 18.5 Å². The Morgan fingerprint density at radius 3 is 2.65 bits per heavy atom. The second kappa shape index (κ2) is 6.60. The minimum absolute atomic E-state index is 0. The van der Waals surface area contributed by atoms with Crippen LogP contribution in [0.15, 0.2) is 0 Å². The molecule has 0 aromatic rings. The van der Waals surface area contributed by atoms with E-state index in [4.69, 9.17) is 5.73 Å². The second-order valence-corrected chi connectivity index (χ2v) is 5.42. The molecule has 2 rings (SSSR count). The third kappa shape index (κ3) is 3.14. The van der Waals surface area contributed by atoms with Crippen molar-refractivity contribution in [1.82, 2.24) is 4.90 Å². The Labute approximate surface area is 111 Å². The van der Waals surface area contributed by atoms with Crippen molar-refractivity contribution < 1.29 is 4.79 Å². The van der Waals surface area contributed by atoms with Gasteiger partial charge in [0.25, 0.3) is 0 Å². The van der Waals surface area contributed by atoms with E-state index in [9.17, 15) is 4.79 Å². The van der Waals surface area contributed by atoms with E-state index in [-0.39, 0.29) is 18.3 Å². The average Bonchev–Trinajstić information content (AvgIpc) is 2.36. The van der Waals surface area contributed by atoms with Gasteiger partial charge in [-0.1, -0.05) is 19.8 Å². The second-order valence-electron chi connectivity index (χ2n) is 5.42. The Balaban J connectivity index is 0.00000144. The normalized spacial score (nSPS) is 30.1. The van der Waals surface area contributed by atoms with Crippen LogP contribution in [0.4, 0.5) is 0 Å². The van der Waals surface area contributed by atoms with Crippen LogP contribution in [-0.4, -0.2) is 29.9 Å². The summed E-state index contributed by atoms with van der Waals surface area (Å²) in [5, 5.41) is 0. The summed E-state index contributed by atoms with van der Waals surface area (Å²) in [6, 6.07) is 0.531. The SMILES string of the molecule is CC(CN)C(=O)N1CCCC2CCCCC21.Cl. The first kappa shape index (κ1) is 14.8. The van der Waals surface area contributed by atoms with Crippen molar-refractivity contribution in [3.63, 3.8) is 0 Å². The summed E-state index contributed by atoms with van der Waals surface area (Å²) < 4.78 is 0. The molecule has 0 aromatic carbocycles. The number of carbonyl (C=O) groups excluding carboxylic acids is 1. The Kier molecular flexibility index (Phi) is 5.74. The number of hydrogen-bond acceptors (Lipinski definition) is 2. The number of piperidine rings is 1. The van der Waals surface area contributed by atoms with E-state index in [1.54, 1.807) is 0 Å². The lowest BCUT2D eigenvalue weighted by atomic mass is 9.78. The van der Waals surface area contributed by atoms with Crippen LogP contribution in [0.1, 0.15) is 45.4 Å². The number of likely N-dealkylation sites (tertiary alicyclic amines) is 1. The lowest BCUT2D eigenvalue weighted by Gasteiger charge is -2.45. The van der Waals surface area contributed by atoms with E-state index in [0.717, 1.165) is 12.5 Å². The number of amides is 1. The molecule has 2 fully saturated rings. The molecule has 1 aliphatic carbocycles. The van der Waals surface area contributed by atoms with Crippen molar-refractivity contribution >= 4 is 18.3 Å². The molecule has 3 nitrogen and oxygen atoms in total. The van der Waals surface area contributed by atoms with Gasteiger partial charge >= 0.3 is 0 Å². The zero-order valence-electron chi connectivity index (χ0n) is 10.7. The zero-order chi connectivity index (χ0) is 11.5. The minimum atomic E-state index is 0. The highest BCUT2D eigenvalue weighted by atomic mass is 35.5. The summed E-state index contributed by atoms with van der Waals surface area (Å²) in [6.45, 7) is 3.39. The number of nitrogens with two attached hydrogens (primary N) is 1. The summed E-state index contributed by atoms with van der Waals surface area (Å²) in [4.78, 5) is 14.4. The lowest BCUT2D eigenvalue weighted by molar-refractivity contribution is -0.141. The van der Waals surface area contributed by atoms with Gasteiger partial charge in [0.15, 0.2) is 0 Å². The van der Waals surface area contributed by atoms with Crippen molar-refractivity contribution in [2.45, 2.75) is 51.5 Å². The summed E-state index contributed by atoms with van der Waals surface area (Å²) in [7, 11) is 0. The fourth-order valence-electron chi connectivity index (χ4n) is 3.28. The van der Waals surface area contributed by atoms with Crippen LogP contribution >= 0.6 is 12.4 Å². The van der Waals surface area contributed by atoms with E-state index in [1.807, 2.05) is 6.92 Å². The Morgan fingerprint density at radius 2 is 1.94 bits per heavy atom. The minimum Gasteiger partial charge on any atom is -0.339 e. The molecule has 0 spiro atoms. The van der Waals surface area contributed by atoms with Gasteiger partial charge in [0.05, 0.1) is 0 Å². The molecule has 1 aliphatic heterocycles. The molecule has 2 N–H and O–H groups in total. The highest BCUT2D eigenvalue weighted by Crippen LogP contribution is 2.35. The summed E-state index contributed by atoms with van der Waals surface area (Å²) >= 11 is 0. The molecular formula is C13H25ClN2O. The lowest BCUT2D eigenvalue weighted by Crippen LogP contribution is -2.52. The first-order valence-corrected chi connectivity index (χ1v) is 6.74. The first-order valence-electron chi connectivity index (χ1n) is 6.74.